The molecule has 9 nitrogen and oxygen atoms in total. The third kappa shape index (κ3) is 4.17. The lowest BCUT2D eigenvalue weighted by Crippen LogP contribution is -2.35. The number of hydrogen-bond acceptors (Lipinski definition) is 7. The minimum Gasteiger partial charge on any atom is -0.481 e. The molecule has 1 aromatic carbocycles. The van der Waals surface area contributed by atoms with Gasteiger partial charge in [0.1, 0.15) is 5.52 Å². The van der Waals surface area contributed by atoms with E-state index in [0.717, 1.165) is 40.2 Å². The molecule has 36 heavy (non-hydrogen) atoms. The number of hydrogen-bond donors (Lipinski definition) is 1. The molecule has 5 heterocycles. The standard InChI is InChI=1S/C26H24N6O3S/c1-35-24-7-5-19-25(29-24)21(8-10-27-19)32-14-17-3-2-11-31(12-9-18(17)30-32)26(34)16-4-6-22-20(13-16)28-23(33)15-36-22/h4-8,10,13-14H,2-3,9,11-12,15H2,1H3,(H,28,33). The summed E-state index contributed by atoms with van der Waals surface area (Å²) in [7, 11) is 1.59. The largest absolute Gasteiger partial charge is 0.481 e. The van der Waals surface area contributed by atoms with Crippen LogP contribution in [0.1, 0.15) is 28.0 Å². The van der Waals surface area contributed by atoms with Gasteiger partial charge in [-0.25, -0.2) is 9.67 Å². The second-order valence-electron chi connectivity index (χ2n) is 8.79. The van der Waals surface area contributed by atoms with Gasteiger partial charge in [0.2, 0.25) is 11.8 Å². The number of thioether (sulfide) groups is 1. The summed E-state index contributed by atoms with van der Waals surface area (Å²) in [6.45, 7) is 1.24. The van der Waals surface area contributed by atoms with Gasteiger partial charge in [0, 0.05) is 48.4 Å². The summed E-state index contributed by atoms with van der Waals surface area (Å²) in [4.78, 5) is 37.0. The second kappa shape index (κ2) is 9.27. The molecule has 2 aliphatic heterocycles. The minimum atomic E-state index is -0.0397. The van der Waals surface area contributed by atoms with Crippen molar-refractivity contribution < 1.29 is 14.3 Å². The number of carbonyl (C=O) groups is 2. The smallest absolute Gasteiger partial charge is 0.253 e. The van der Waals surface area contributed by atoms with Gasteiger partial charge in [-0.15, -0.1) is 11.8 Å². The fourth-order valence-electron chi connectivity index (χ4n) is 4.70. The summed E-state index contributed by atoms with van der Waals surface area (Å²) in [6.07, 6.45) is 6.14. The maximum Gasteiger partial charge on any atom is 0.253 e. The molecule has 0 bridgehead atoms. The number of ether oxygens (including phenoxy) is 1. The Morgan fingerprint density at radius 1 is 1.14 bits per heavy atom. The van der Waals surface area contributed by atoms with Crippen LogP contribution in [-0.4, -0.2) is 62.4 Å². The molecule has 0 aliphatic carbocycles. The average Bonchev–Trinajstić information content (AvgIpc) is 3.29. The van der Waals surface area contributed by atoms with E-state index in [2.05, 4.69) is 21.5 Å². The second-order valence-corrected chi connectivity index (χ2v) is 9.81. The highest BCUT2D eigenvalue weighted by atomic mass is 32.2. The number of amides is 2. The van der Waals surface area contributed by atoms with Crippen molar-refractivity contribution in [3.8, 4) is 11.6 Å². The quantitative estimate of drug-likeness (QED) is 0.459. The van der Waals surface area contributed by atoms with Gasteiger partial charge in [-0.1, -0.05) is 0 Å². The Labute approximate surface area is 211 Å². The molecule has 0 saturated heterocycles. The molecule has 182 valence electrons. The van der Waals surface area contributed by atoms with Crippen LogP contribution >= 0.6 is 11.8 Å². The zero-order valence-electron chi connectivity index (χ0n) is 19.7. The summed E-state index contributed by atoms with van der Waals surface area (Å²) < 4.78 is 7.17. The first-order valence-electron chi connectivity index (χ1n) is 11.8. The van der Waals surface area contributed by atoms with Crippen molar-refractivity contribution in [2.45, 2.75) is 24.2 Å². The molecule has 10 heteroatoms. The van der Waals surface area contributed by atoms with Crippen LogP contribution in [0.4, 0.5) is 5.69 Å². The van der Waals surface area contributed by atoms with E-state index in [1.807, 2.05) is 33.8 Å². The van der Waals surface area contributed by atoms with E-state index in [1.165, 1.54) is 17.3 Å². The summed E-state index contributed by atoms with van der Waals surface area (Å²) in [5.41, 5.74) is 5.80. The molecular formula is C26H24N6O3S. The maximum absolute atomic E-state index is 13.3. The molecule has 1 N–H and O–H groups in total. The summed E-state index contributed by atoms with van der Waals surface area (Å²) in [5.74, 6) is 0.862. The van der Waals surface area contributed by atoms with Crippen LogP contribution in [0.15, 0.2) is 53.7 Å². The van der Waals surface area contributed by atoms with Crippen LogP contribution in [0.25, 0.3) is 16.7 Å². The van der Waals surface area contributed by atoms with E-state index in [1.54, 1.807) is 25.4 Å². The number of nitrogens with one attached hydrogen (secondary N) is 1. The van der Waals surface area contributed by atoms with Crippen molar-refractivity contribution >= 4 is 40.3 Å². The number of pyridine rings is 2. The predicted octanol–water partition coefficient (Wildman–Crippen LogP) is 3.50. The number of carbonyl (C=O) groups excluding carboxylic acids is 2. The Kier molecular flexibility index (Phi) is 5.80. The normalized spacial score (nSPS) is 15.5. The fourth-order valence-corrected chi connectivity index (χ4v) is 5.48. The van der Waals surface area contributed by atoms with Gasteiger partial charge in [-0.05, 0) is 48.7 Å². The summed E-state index contributed by atoms with van der Waals surface area (Å²) in [5, 5.41) is 7.75. The number of fused-ring (bicyclic) bond motifs is 3. The van der Waals surface area contributed by atoms with Gasteiger partial charge in [-0.3, -0.25) is 14.6 Å². The van der Waals surface area contributed by atoms with E-state index >= 15 is 0 Å². The van der Waals surface area contributed by atoms with Crippen LogP contribution in [-0.2, 0) is 17.6 Å². The Morgan fingerprint density at radius 2 is 2.06 bits per heavy atom. The lowest BCUT2D eigenvalue weighted by Gasteiger charge is -2.25. The van der Waals surface area contributed by atoms with E-state index < -0.39 is 0 Å². The molecule has 4 aromatic rings. The molecule has 2 amide bonds. The van der Waals surface area contributed by atoms with Crippen LogP contribution in [0.5, 0.6) is 5.88 Å². The van der Waals surface area contributed by atoms with E-state index in [9.17, 15) is 9.59 Å². The Morgan fingerprint density at radius 3 is 2.94 bits per heavy atom. The molecule has 0 atom stereocenters. The number of nitrogens with zero attached hydrogens (tertiary/aromatic N) is 5. The van der Waals surface area contributed by atoms with Gasteiger partial charge in [0.15, 0.2) is 0 Å². The number of benzene rings is 1. The minimum absolute atomic E-state index is 0.0260. The van der Waals surface area contributed by atoms with Crippen molar-refractivity contribution in [3.05, 3.63) is 65.6 Å². The van der Waals surface area contributed by atoms with Gasteiger partial charge in [0.25, 0.3) is 5.91 Å². The Balaban J connectivity index is 1.24. The third-order valence-electron chi connectivity index (χ3n) is 6.51. The van der Waals surface area contributed by atoms with Crippen molar-refractivity contribution in [1.29, 1.82) is 0 Å². The lowest BCUT2D eigenvalue weighted by atomic mass is 10.0. The average molecular weight is 501 g/mol. The van der Waals surface area contributed by atoms with E-state index in [-0.39, 0.29) is 11.8 Å². The zero-order chi connectivity index (χ0) is 24.6. The topological polar surface area (TPSA) is 102 Å². The highest BCUT2D eigenvalue weighted by Gasteiger charge is 2.23. The Hall–Kier alpha value is -3.92. The van der Waals surface area contributed by atoms with E-state index in [0.29, 0.717) is 42.4 Å². The predicted molar refractivity (Wildman–Crippen MR) is 137 cm³/mol. The summed E-state index contributed by atoms with van der Waals surface area (Å²) >= 11 is 1.49. The highest BCUT2D eigenvalue weighted by Crippen LogP contribution is 2.32. The molecule has 0 unspecified atom stereocenters. The number of methoxy groups -OCH3 is 1. The van der Waals surface area contributed by atoms with Crippen LogP contribution in [0.3, 0.4) is 0 Å². The molecule has 2 aliphatic rings. The first kappa shape index (κ1) is 22.5. The van der Waals surface area contributed by atoms with Crippen LogP contribution in [0, 0.1) is 0 Å². The van der Waals surface area contributed by atoms with Gasteiger partial charge in [0.05, 0.1) is 35.4 Å². The number of anilines is 1. The molecule has 3 aromatic heterocycles. The number of aryl methyl sites for hydroxylation is 1. The van der Waals surface area contributed by atoms with Crippen LogP contribution < -0.4 is 10.1 Å². The zero-order valence-corrected chi connectivity index (χ0v) is 20.5. The molecule has 0 saturated carbocycles. The van der Waals surface area contributed by atoms with Crippen LogP contribution in [0.2, 0.25) is 0 Å². The van der Waals surface area contributed by atoms with Gasteiger partial charge >= 0.3 is 0 Å². The maximum atomic E-state index is 13.3. The van der Waals surface area contributed by atoms with Crippen molar-refractivity contribution in [3.63, 3.8) is 0 Å². The molecule has 0 radical (unpaired) electrons. The first-order chi connectivity index (χ1) is 17.6. The Bertz CT molecular complexity index is 1500. The third-order valence-corrected chi connectivity index (χ3v) is 7.58. The monoisotopic (exact) mass is 500 g/mol. The van der Waals surface area contributed by atoms with Crippen molar-refractivity contribution in [1.82, 2.24) is 24.6 Å². The molecular weight excluding hydrogens is 476 g/mol. The highest BCUT2D eigenvalue weighted by molar-refractivity contribution is 8.00. The lowest BCUT2D eigenvalue weighted by molar-refractivity contribution is -0.113. The molecule has 6 rings (SSSR count). The molecule has 0 spiro atoms. The first-order valence-corrected chi connectivity index (χ1v) is 12.8. The number of rotatable bonds is 3. The number of aromatic nitrogens is 4. The van der Waals surface area contributed by atoms with Gasteiger partial charge in [-0.2, -0.15) is 5.10 Å². The summed E-state index contributed by atoms with van der Waals surface area (Å²) in [6, 6.07) is 11.1. The fraction of sp³-hybridized carbons (Fsp3) is 0.269. The van der Waals surface area contributed by atoms with Gasteiger partial charge < -0.3 is 15.0 Å². The van der Waals surface area contributed by atoms with Crippen molar-refractivity contribution in [2.24, 2.45) is 0 Å². The molecule has 0 fully saturated rings. The van der Waals surface area contributed by atoms with Crippen molar-refractivity contribution in [2.75, 3.05) is 31.3 Å². The van der Waals surface area contributed by atoms with E-state index in [4.69, 9.17) is 9.84 Å². The SMILES string of the molecule is COc1ccc2nccc(-n3cc4c(n3)CCN(C(=O)c3ccc5c(c3)NC(=O)CS5)CCC4)c2n1.